The quantitative estimate of drug-likeness (QED) is 0.856. The van der Waals surface area contributed by atoms with E-state index in [9.17, 15) is 4.79 Å². The van der Waals surface area contributed by atoms with Gasteiger partial charge in [0.15, 0.2) is 5.82 Å². The first-order chi connectivity index (χ1) is 8.74. The van der Waals surface area contributed by atoms with Gasteiger partial charge in [-0.3, -0.25) is 4.79 Å². The van der Waals surface area contributed by atoms with Crippen molar-refractivity contribution in [1.29, 1.82) is 0 Å². The summed E-state index contributed by atoms with van der Waals surface area (Å²) in [5.41, 5.74) is 0.000832. The van der Waals surface area contributed by atoms with E-state index in [1.165, 1.54) is 6.42 Å². The fourth-order valence-corrected chi connectivity index (χ4v) is 2.48. The van der Waals surface area contributed by atoms with Gasteiger partial charge in [0.1, 0.15) is 0 Å². The molecule has 1 unspecified atom stereocenters. The average molecular weight is 250 g/mol. The van der Waals surface area contributed by atoms with Crippen LogP contribution in [0.3, 0.4) is 0 Å². The van der Waals surface area contributed by atoms with Gasteiger partial charge in [-0.1, -0.05) is 6.92 Å². The molecule has 1 fully saturated rings. The largest absolute Gasteiger partial charge is 0.348 e. The molecule has 1 aliphatic rings. The lowest BCUT2D eigenvalue weighted by molar-refractivity contribution is 0.434. The van der Waals surface area contributed by atoms with Crippen LogP contribution in [-0.4, -0.2) is 35.2 Å². The number of aryl methyl sites for hydroxylation is 1. The molecule has 0 saturated carbocycles. The molecule has 18 heavy (non-hydrogen) atoms. The summed E-state index contributed by atoms with van der Waals surface area (Å²) in [7, 11) is 1.77. The highest BCUT2D eigenvalue weighted by molar-refractivity contribution is 5.38. The maximum Gasteiger partial charge on any atom is 0.293 e. The summed E-state index contributed by atoms with van der Waals surface area (Å²) in [5.74, 6) is 0.600. The van der Waals surface area contributed by atoms with E-state index in [0.29, 0.717) is 11.9 Å². The van der Waals surface area contributed by atoms with Crippen LogP contribution in [-0.2, 0) is 7.05 Å². The van der Waals surface area contributed by atoms with Crippen molar-refractivity contribution in [3.05, 3.63) is 22.7 Å². The summed E-state index contributed by atoms with van der Waals surface area (Å²) >= 11 is 0. The second-order valence-electron chi connectivity index (χ2n) is 4.82. The number of nitrogens with zero attached hydrogens (tertiary/aromatic N) is 3. The fraction of sp³-hybridized carbons (Fsp3) is 0.692. The average Bonchev–Trinajstić information content (AvgIpc) is 2.40. The van der Waals surface area contributed by atoms with Crippen molar-refractivity contribution in [2.45, 2.75) is 32.2 Å². The number of hydrogen-bond acceptors (Lipinski definition) is 4. The monoisotopic (exact) mass is 250 g/mol. The van der Waals surface area contributed by atoms with Crippen LogP contribution in [0.25, 0.3) is 0 Å². The molecule has 1 aromatic rings. The number of aromatic nitrogens is 2. The van der Waals surface area contributed by atoms with Gasteiger partial charge in [-0.25, -0.2) is 4.98 Å². The molecule has 5 heteroatoms. The first-order valence-corrected chi connectivity index (χ1v) is 6.73. The molecule has 2 heterocycles. The second kappa shape index (κ2) is 6.00. The van der Waals surface area contributed by atoms with Crippen LogP contribution < -0.4 is 15.8 Å². The maximum atomic E-state index is 12.1. The van der Waals surface area contributed by atoms with Crippen LogP contribution in [0.1, 0.15) is 26.2 Å². The number of likely N-dealkylation sites (N-methyl/N-ethyl adjacent to an activating group) is 1. The molecule has 0 aliphatic carbocycles. The van der Waals surface area contributed by atoms with E-state index in [2.05, 4.69) is 22.1 Å². The molecule has 0 bridgehead atoms. The lowest BCUT2D eigenvalue weighted by Crippen LogP contribution is -2.48. The Morgan fingerprint density at radius 3 is 3.11 bits per heavy atom. The highest BCUT2D eigenvalue weighted by atomic mass is 16.1. The minimum atomic E-state index is 0.000832. The number of nitrogens with one attached hydrogen (secondary N) is 1. The first kappa shape index (κ1) is 13.1. The van der Waals surface area contributed by atoms with E-state index >= 15 is 0 Å². The minimum absolute atomic E-state index is 0.000832. The van der Waals surface area contributed by atoms with Crippen molar-refractivity contribution in [3.63, 3.8) is 0 Å². The number of hydrogen-bond donors (Lipinski definition) is 1. The van der Waals surface area contributed by atoms with Crippen LogP contribution >= 0.6 is 0 Å². The molecule has 1 atom stereocenters. The predicted octanol–water partition coefficient (Wildman–Crippen LogP) is 0.749. The summed E-state index contributed by atoms with van der Waals surface area (Å²) in [6, 6.07) is 0.390. The standard InChI is InChI=1S/C13H22N4O/c1-3-14-10-11-6-4-5-8-17(11)12-13(18)16(2)9-7-15-12/h7,9,11,14H,3-6,8,10H2,1-2H3. The Hall–Kier alpha value is -1.36. The smallest absolute Gasteiger partial charge is 0.293 e. The first-order valence-electron chi connectivity index (χ1n) is 6.73. The third kappa shape index (κ3) is 2.72. The van der Waals surface area contributed by atoms with Gasteiger partial charge in [0.05, 0.1) is 0 Å². The summed E-state index contributed by atoms with van der Waals surface area (Å²) < 4.78 is 1.60. The molecule has 0 spiro atoms. The molecule has 0 amide bonds. The SMILES string of the molecule is CCNCC1CCCCN1c1nccn(C)c1=O. The Kier molecular flexibility index (Phi) is 4.36. The molecule has 1 saturated heterocycles. The molecule has 1 aliphatic heterocycles. The predicted molar refractivity (Wildman–Crippen MR) is 73.0 cm³/mol. The molecule has 1 aromatic heterocycles. The summed E-state index contributed by atoms with van der Waals surface area (Å²) in [5, 5.41) is 3.37. The Morgan fingerprint density at radius 1 is 1.50 bits per heavy atom. The number of piperidine rings is 1. The third-order valence-corrected chi connectivity index (χ3v) is 3.53. The zero-order valence-electron chi connectivity index (χ0n) is 11.2. The Labute approximate surface area is 108 Å². The van der Waals surface area contributed by atoms with Gasteiger partial charge in [-0.15, -0.1) is 0 Å². The Bertz CT molecular complexity index is 443. The topological polar surface area (TPSA) is 50.2 Å². The molecular weight excluding hydrogens is 228 g/mol. The van der Waals surface area contributed by atoms with Crippen LogP contribution in [0, 0.1) is 0 Å². The Morgan fingerprint density at radius 2 is 2.33 bits per heavy atom. The molecule has 0 aromatic carbocycles. The molecular formula is C13H22N4O. The number of anilines is 1. The van der Waals surface area contributed by atoms with Crippen molar-refractivity contribution in [2.75, 3.05) is 24.5 Å². The van der Waals surface area contributed by atoms with Crippen LogP contribution in [0.4, 0.5) is 5.82 Å². The molecule has 0 radical (unpaired) electrons. The van der Waals surface area contributed by atoms with E-state index in [-0.39, 0.29) is 5.56 Å². The second-order valence-corrected chi connectivity index (χ2v) is 4.82. The van der Waals surface area contributed by atoms with Gasteiger partial charge in [-0.2, -0.15) is 0 Å². The van der Waals surface area contributed by atoms with Crippen molar-refractivity contribution >= 4 is 5.82 Å². The fourth-order valence-electron chi connectivity index (χ4n) is 2.48. The van der Waals surface area contributed by atoms with E-state index < -0.39 is 0 Å². The van der Waals surface area contributed by atoms with Crippen LogP contribution in [0.2, 0.25) is 0 Å². The van der Waals surface area contributed by atoms with Gasteiger partial charge in [0.2, 0.25) is 0 Å². The van der Waals surface area contributed by atoms with E-state index in [1.807, 2.05) is 0 Å². The number of rotatable bonds is 4. The molecule has 5 nitrogen and oxygen atoms in total. The van der Waals surface area contributed by atoms with Crippen LogP contribution in [0.15, 0.2) is 17.2 Å². The van der Waals surface area contributed by atoms with Crippen molar-refractivity contribution < 1.29 is 0 Å². The van der Waals surface area contributed by atoms with E-state index in [0.717, 1.165) is 32.5 Å². The lowest BCUT2D eigenvalue weighted by Gasteiger charge is -2.36. The van der Waals surface area contributed by atoms with Crippen molar-refractivity contribution in [1.82, 2.24) is 14.9 Å². The Balaban J connectivity index is 2.22. The van der Waals surface area contributed by atoms with Gasteiger partial charge in [0.25, 0.3) is 5.56 Å². The molecule has 2 rings (SSSR count). The zero-order valence-corrected chi connectivity index (χ0v) is 11.2. The third-order valence-electron chi connectivity index (χ3n) is 3.53. The van der Waals surface area contributed by atoms with E-state index in [4.69, 9.17) is 0 Å². The van der Waals surface area contributed by atoms with E-state index in [1.54, 1.807) is 24.0 Å². The van der Waals surface area contributed by atoms with Gasteiger partial charge < -0.3 is 14.8 Å². The maximum absolute atomic E-state index is 12.1. The normalized spacial score (nSPS) is 20.1. The summed E-state index contributed by atoms with van der Waals surface area (Å²) in [4.78, 5) is 18.6. The lowest BCUT2D eigenvalue weighted by atomic mass is 10.0. The van der Waals surface area contributed by atoms with Gasteiger partial charge in [-0.05, 0) is 25.8 Å². The molecule has 1 N–H and O–H groups in total. The van der Waals surface area contributed by atoms with Crippen molar-refractivity contribution in [2.24, 2.45) is 7.05 Å². The zero-order chi connectivity index (χ0) is 13.0. The summed E-state index contributed by atoms with van der Waals surface area (Å²) in [6.45, 7) is 4.93. The van der Waals surface area contributed by atoms with Crippen LogP contribution in [0.5, 0.6) is 0 Å². The highest BCUT2D eigenvalue weighted by Gasteiger charge is 2.25. The van der Waals surface area contributed by atoms with Crippen molar-refractivity contribution in [3.8, 4) is 0 Å². The molecule has 100 valence electrons. The minimum Gasteiger partial charge on any atom is -0.348 e. The summed E-state index contributed by atoms with van der Waals surface area (Å²) in [6.07, 6.45) is 6.92. The van der Waals surface area contributed by atoms with Gasteiger partial charge >= 0.3 is 0 Å². The highest BCUT2D eigenvalue weighted by Crippen LogP contribution is 2.20. The van der Waals surface area contributed by atoms with Gasteiger partial charge in [0, 0.05) is 38.6 Å².